The molecule has 0 fully saturated rings. The van der Waals surface area contributed by atoms with Crippen molar-refractivity contribution in [2.24, 2.45) is 0 Å². The van der Waals surface area contributed by atoms with Crippen LogP contribution in [0, 0.1) is 0 Å². The summed E-state index contributed by atoms with van der Waals surface area (Å²) in [5.41, 5.74) is 0.117. The largest absolute Gasteiger partial charge is 0.478 e. The van der Waals surface area contributed by atoms with E-state index < -0.39 is 5.97 Å². The second-order valence-electron chi connectivity index (χ2n) is 4.08. The highest BCUT2D eigenvalue weighted by molar-refractivity contribution is 8.00. The van der Waals surface area contributed by atoms with Gasteiger partial charge in [-0.25, -0.2) is 9.78 Å². The van der Waals surface area contributed by atoms with E-state index in [-0.39, 0.29) is 22.8 Å². The SMILES string of the molecule is CC(C)NC(=O)C(C)Sc1ncccc1C(=O)O. The van der Waals surface area contributed by atoms with Crippen LogP contribution in [0.4, 0.5) is 0 Å². The third-order valence-corrected chi connectivity index (χ3v) is 3.21. The number of hydrogen-bond donors (Lipinski definition) is 2. The molecule has 0 bridgehead atoms. The molecule has 1 unspecified atom stereocenters. The van der Waals surface area contributed by atoms with Crippen LogP contribution in [0.5, 0.6) is 0 Å². The van der Waals surface area contributed by atoms with Gasteiger partial charge >= 0.3 is 5.97 Å². The average Bonchev–Trinajstić information content (AvgIpc) is 2.28. The molecular weight excluding hydrogens is 252 g/mol. The van der Waals surface area contributed by atoms with Crippen LogP contribution >= 0.6 is 11.8 Å². The van der Waals surface area contributed by atoms with E-state index in [4.69, 9.17) is 5.11 Å². The van der Waals surface area contributed by atoms with Crippen LogP contribution in [0.15, 0.2) is 23.4 Å². The van der Waals surface area contributed by atoms with Gasteiger partial charge in [0.1, 0.15) is 5.03 Å². The molecule has 1 amide bonds. The Morgan fingerprint density at radius 1 is 1.39 bits per heavy atom. The van der Waals surface area contributed by atoms with Crippen LogP contribution in [-0.4, -0.2) is 33.3 Å². The minimum atomic E-state index is -1.04. The van der Waals surface area contributed by atoms with E-state index in [1.165, 1.54) is 12.3 Å². The maximum Gasteiger partial charge on any atom is 0.338 e. The second kappa shape index (κ2) is 6.39. The van der Waals surface area contributed by atoms with Crippen LogP contribution in [0.1, 0.15) is 31.1 Å². The van der Waals surface area contributed by atoms with Gasteiger partial charge in [0.15, 0.2) is 0 Å². The number of carboxylic acid groups (broad SMARTS) is 1. The van der Waals surface area contributed by atoms with E-state index in [9.17, 15) is 9.59 Å². The van der Waals surface area contributed by atoms with Gasteiger partial charge in [0.25, 0.3) is 0 Å². The first-order valence-electron chi connectivity index (χ1n) is 5.57. The highest BCUT2D eigenvalue weighted by Crippen LogP contribution is 2.24. The van der Waals surface area contributed by atoms with Crippen LogP contribution in [0.2, 0.25) is 0 Å². The normalized spacial score (nSPS) is 12.2. The fourth-order valence-corrected chi connectivity index (χ4v) is 2.18. The first kappa shape index (κ1) is 14.5. The molecule has 2 N–H and O–H groups in total. The van der Waals surface area contributed by atoms with Crippen LogP contribution in [0.3, 0.4) is 0 Å². The molecule has 1 atom stereocenters. The number of carbonyl (C=O) groups excluding carboxylic acids is 1. The van der Waals surface area contributed by atoms with Crippen LogP contribution < -0.4 is 5.32 Å². The zero-order valence-corrected chi connectivity index (χ0v) is 11.3. The van der Waals surface area contributed by atoms with Crippen molar-refractivity contribution in [1.82, 2.24) is 10.3 Å². The molecule has 1 aromatic rings. The Hall–Kier alpha value is -1.56. The highest BCUT2D eigenvalue weighted by atomic mass is 32.2. The molecule has 5 nitrogen and oxygen atoms in total. The van der Waals surface area contributed by atoms with Gasteiger partial charge in [-0.15, -0.1) is 0 Å². The smallest absolute Gasteiger partial charge is 0.338 e. The van der Waals surface area contributed by atoms with E-state index in [0.717, 1.165) is 11.8 Å². The number of hydrogen-bond acceptors (Lipinski definition) is 4. The van der Waals surface area contributed by atoms with E-state index in [0.29, 0.717) is 5.03 Å². The predicted octanol–water partition coefficient (Wildman–Crippen LogP) is 1.78. The van der Waals surface area contributed by atoms with Crippen molar-refractivity contribution in [3.05, 3.63) is 23.9 Å². The summed E-state index contributed by atoms with van der Waals surface area (Å²) in [7, 11) is 0. The second-order valence-corrected chi connectivity index (χ2v) is 5.41. The Kier molecular flexibility index (Phi) is 5.15. The van der Waals surface area contributed by atoms with E-state index in [1.807, 2.05) is 13.8 Å². The number of nitrogens with zero attached hydrogens (tertiary/aromatic N) is 1. The van der Waals surface area contributed by atoms with Gasteiger partial charge in [-0.1, -0.05) is 11.8 Å². The lowest BCUT2D eigenvalue weighted by Crippen LogP contribution is -2.36. The van der Waals surface area contributed by atoms with Crippen molar-refractivity contribution < 1.29 is 14.7 Å². The van der Waals surface area contributed by atoms with E-state index in [2.05, 4.69) is 10.3 Å². The molecule has 0 aromatic carbocycles. The van der Waals surface area contributed by atoms with Gasteiger partial charge in [-0.3, -0.25) is 4.79 Å². The highest BCUT2D eigenvalue weighted by Gasteiger charge is 2.19. The number of aromatic carboxylic acids is 1. The molecule has 18 heavy (non-hydrogen) atoms. The number of nitrogens with one attached hydrogen (secondary N) is 1. The molecule has 6 heteroatoms. The topological polar surface area (TPSA) is 79.3 Å². The van der Waals surface area contributed by atoms with E-state index in [1.54, 1.807) is 13.0 Å². The lowest BCUT2D eigenvalue weighted by Gasteiger charge is -2.14. The Morgan fingerprint density at radius 3 is 2.61 bits per heavy atom. The van der Waals surface area contributed by atoms with Crippen molar-refractivity contribution >= 4 is 23.6 Å². The third kappa shape index (κ3) is 4.03. The third-order valence-electron chi connectivity index (χ3n) is 2.09. The molecule has 1 aromatic heterocycles. The van der Waals surface area contributed by atoms with Crippen LogP contribution in [0.25, 0.3) is 0 Å². The van der Waals surface area contributed by atoms with Gasteiger partial charge in [0.2, 0.25) is 5.91 Å². The fraction of sp³-hybridized carbons (Fsp3) is 0.417. The zero-order valence-electron chi connectivity index (χ0n) is 10.5. The first-order chi connectivity index (χ1) is 8.41. The number of carboxylic acids is 1. The molecular formula is C12H16N2O3S. The number of aromatic nitrogens is 1. The lowest BCUT2D eigenvalue weighted by molar-refractivity contribution is -0.120. The van der Waals surface area contributed by atoms with Crippen molar-refractivity contribution in [3.63, 3.8) is 0 Å². The lowest BCUT2D eigenvalue weighted by atomic mass is 10.3. The van der Waals surface area contributed by atoms with Gasteiger partial charge in [0, 0.05) is 12.2 Å². The van der Waals surface area contributed by atoms with E-state index >= 15 is 0 Å². The Balaban J connectivity index is 2.78. The van der Waals surface area contributed by atoms with Crippen molar-refractivity contribution in [3.8, 4) is 0 Å². The summed E-state index contributed by atoms with van der Waals surface area (Å²) in [6.45, 7) is 5.47. The molecule has 1 heterocycles. The van der Waals surface area contributed by atoms with Crippen molar-refractivity contribution in [2.45, 2.75) is 37.1 Å². The Labute approximate surface area is 110 Å². The summed E-state index contributed by atoms with van der Waals surface area (Å²) in [4.78, 5) is 26.7. The fourth-order valence-electron chi connectivity index (χ4n) is 1.27. The number of pyridine rings is 1. The van der Waals surface area contributed by atoms with Crippen molar-refractivity contribution in [1.29, 1.82) is 0 Å². The molecule has 98 valence electrons. The summed E-state index contributed by atoms with van der Waals surface area (Å²) >= 11 is 1.14. The zero-order chi connectivity index (χ0) is 13.7. The summed E-state index contributed by atoms with van der Waals surface area (Å²) in [5, 5.41) is 11.8. The van der Waals surface area contributed by atoms with Crippen molar-refractivity contribution in [2.75, 3.05) is 0 Å². The minimum absolute atomic E-state index is 0.0585. The maximum absolute atomic E-state index is 11.7. The van der Waals surface area contributed by atoms with Crippen LogP contribution in [-0.2, 0) is 4.79 Å². The number of rotatable bonds is 5. The summed E-state index contributed by atoms with van der Waals surface area (Å²) in [5.74, 6) is -1.17. The molecule has 0 aliphatic carbocycles. The quantitative estimate of drug-likeness (QED) is 0.796. The first-order valence-corrected chi connectivity index (χ1v) is 6.45. The summed E-state index contributed by atoms with van der Waals surface area (Å²) in [6, 6.07) is 3.10. The predicted molar refractivity (Wildman–Crippen MR) is 69.8 cm³/mol. The number of thioether (sulfide) groups is 1. The standard InChI is InChI=1S/C12H16N2O3S/c1-7(2)14-10(15)8(3)18-11-9(12(16)17)5-4-6-13-11/h4-8H,1-3H3,(H,14,15)(H,16,17). The summed E-state index contributed by atoms with van der Waals surface area (Å²) in [6.07, 6.45) is 1.52. The number of carbonyl (C=O) groups is 2. The maximum atomic E-state index is 11.7. The van der Waals surface area contributed by atoms with Gasteiger partial charge in [-0.2, -0.15) is 0 Å². The molecule has 0 saturated heterocycles. The molecule has 0 aliphatic heterocycles. The molecule has 0 spiro atoms. The average molecular weight is 268 g/mol. The Bertz CT molecular complexity index is 449. The number of amides is 1. The minimum Gasteiger partial charge on any atom is -0.478 e. The van der Waals surface area contributed by atoms with Gasteiger partial charge in [-0.05, 0) is 32.9 Å². The Morgan fingerprint density at radius 2 is 2.06 bits per heavy atom. The van der Waals surface area contributed by atoms with Gasteiger partial charge < -0.3 is 10.4 Å². The molecule has 0 aliphatic rings. The monoisotopic (exact) mass is 268 g/mol. The molecule has 1 rings (SSSR count). The summed E-state index contributed by atoms with van der Waals surface area (Å²) < 4.78 is 0. The molecule has 0 saturated carbocycles. The molecule has 0 radical (unpaired) electrons. The van der Waals surface area contributed by atoms with Gasteiger partial charge in [0.05, 0.1) is 10.8 Å².